The van der Waals surface area contributed by atoms with Crippen molar-refractivity contribution in [3.63, 3.8) is 0 Å². The van der Waals surface area contributed by atoms with Gasteiger partial charge in [0.05, 0.1) is 23.8 Å². The molecule has 90 valence electrons. The molecule has 0 bridgehead atoms. The number of nitrogens with zero attached hydrogens (tertiary/aromatic N) is 4. The minimum atomic E-state index is 0.0814. The van der Waals surface area contributed by atoms with E-state index in [9.17, 15) is 0 Å². The second-order valence-electron chi connectivity index (χ2n) is 4.97. The Hall–Kier alpha value is -1.75. The molecule has 2 heterocycles. The lowest BCUT2D eigenvalue weighted by Gasteiger charge is -2.19. The molecule has 0 atom stereocenters. The molecule has 0 aliphatic carbocycles. The van der Waals surface area contributed by atoms with E-state index in [0.29, 0.717) is 6.54 Å². The monoisotopic (exact) mass is 231 g/mol. The Bertz CT molecular complexity index is 469. The minimum absolute atomic E-state index is 0.0814. The van der Waals surface area contributed by atoms with E-state index in [1.165, 1.54) is 0 Å². The van der Waals surface area contributed by atoms with Crippen LogP contribution in [0.4, 0.5) is 0 Å². The predicted molar refractivity (Wildman–Crippen MR) is 65.7 cm³/mol. The van der Waals surface area contributed by atoms with Gasteiger partial charge in [-0.05, 0) is 32.9 Å². The van der Waals surface area contributed by atoms with Gasteiger partial charge in [-0.1, -0.05) is 5.21 Å². The molecular formula is C12H17N5. The van der Waals surface area contributed by atoms with Crippen molar-refractivity contribution < 1.29 is 0 Å². The third-order valence-electron chi connectivity index (χ3n) is 2.25. The standard InChI is InChI=1S/C12H17N5/c1-12(2,3)14-7-10-9-17(16-15-10)11-5-4-6-13-8-11/h4-6,8-9,14H,7H2,1-3H3. The lowest BCUT2D eigenvalue weighted by molar-refractivity contribution is 0.421. The van der Waals surface area contributed by atoms with E-state index in [1.54, 1.807) is 17.1 Å². The van der Waals surface area contributed by atoms with Gasteiger partial charge in [0.25, 0.3) is 0 Å². The van der Waals surface area contributed by atoms with Crippen LogP contribution in [0, 0.1) is 0 Å². The summed E-state index contributed by atoms with van der Waals surface area (Å²) < 4.78 is 1.73. The number of hydrogen-bond acceptors (Lipinski definition) is 4. The van der Waals surface area contributed by atoms with Crippen molar-refractivity contribution in [2.45, 2.75) is 32.9 Å². The predicted octanol–water partition coefficient (Wildman–Crippen LogP) is 1.55. The molecule has 0 aliphatic heterocycles. The van der Waals surface area contributed by atoms with E-state index in [-0.39, 0.29) is 5.54 Å². The molecule has 2 aromatic heterocycles. The third-order valence-corrected chi connectivity index (χ3v) is 2.25. The molecule has 0 spiro atoms. The van der Waals surface area contributed by atoms with Gasteiger partial charge < -0.3 is 5.32 Å². The number of hydrogen-bond donors (Lipinski definition) is 1. The first-order chi connectivity index (χ1) is 8.04. The summed E-state index contributed by atoms with van der Waals surface area (Å²) in [5.74, 6) is 0. The SMILES string of the molecule is CC(C)(C)NCc1cn(-c2cccnc2)nn1. The lowest BCUT2D eigenvalue weighted by atomic mass is 10.1. The zero-order valence-electron chi connectivity index (χ0n) is 10.4. The van der Waals surface area contributed by atoms with Crippen LogP contribution >= 0.6 is 0 Å². The smallest absolute Gasteiger partial charge is 0.0969 e. The van der Waals surface area contributed by atoms with E-state index >= 15 is 0 Å². The minimum Gasteiger partial charge on any atom is -0.306 e. The van der Waals surface area contributed by atoms with Crippen molar-refractivity contribution >= 4 is 0 Å². The van der Waals surface area contributed by atoms with Crippen LogP contribution < -0.4 is 5.32 Å². The topological polar surface area (TPSA) is 55.6 Å². The maximum Gasteiger partial charge on any atom is 0.0969 e. The largest absolute Gasteiger partial charge is 0.306 e. The Morgan fingerprint density at radius 1 is 1.35 bits per heavy atom. The van der Waals surface area contributed by atoms with E-state index in [2.05, 4.69) is 41.4 Å². The number of rotatable bonds is 3. The molecule has 0 aliphatic rings. The number of nitrogens with one attached hydrogen (secondary N) is 1. The third kappa shape index (κ3) is 3.35. The molecule has 2 rings (SSSR count). The Morgan fingerprint density at radius 2 is 2.18 bits per heavy atom. The zero-order chi connectivity index (χ0) is 12.3. The highest BCUT2D eigenvalue weighted by molar-refractivity contribution is 5.26. The first-order valence-corrected chi connectivity index (χ1v) is 5.61. The van der Waals surface area contributed by atoms with Gasteiger partial charge in [-0.25, -0.2) is 4.68 Å². The fraction of sp³-hybridized carbons (Fsp3) is 0.417. The van der Waals surface area contributed by atoms with Crippen molar-refractivity contribution in [2.75, 3.05) is 0 Å². The summed E-state index contributed by atoms with van der Waals surface area (Å²) >= 11 is 0. The first-order valence-electron chi connectivity index (χ1n) is 5.61. The average Bonchev–Trinajstić information content (AvgIpc) is 2.75. The molecule has 0 fully saturated rings. The van der Waals surface area contributed by atoms with Gasteiger partial charge in [0, 0.05) is 18.3 Å². The highest BCUT2D eigenvalue weighted by Crippen LogP contribution is 2.05. The summed E-state index contributed by atoms with van der Waals surface area (Å²) in [6, 6.07) is 3.83. The fourth-order valence-corrected chi connectivity index (χ4v) is 1.35. The number of aromatic nitrogens is 4. The number of pyridine rings is 1. The summed E-state index contributed by atoms with van der Waals surface area (Å²) in [6.07, 6.45) is 5.41. The molecule has 17 heavy (non-hydrogen) atoms. The molecule has 0 aromatic carbocycles. The zero-order valence-corrected chi connectivity index (χ0v) is 10.4. The summed E-state index contributed by atoms with van der Waals surface area (Å²) in [6.45, 7) is 7.08. The summed E-state index contributed by atoms with van der Waals surface area (Å²) in [7, 11) is 0. The van der Waals surface area contributed by atoms with E-state index < -0.39 is 0 Å². The Balaban J connectivity index is 2.07. The highest BCUT2D eigenvalue weighted by Gasteiger charge is 2.10. The maximum absolute atomic E-state index is 4.12. The second kappa shape index (κ2) is 4.63. The second-order valence-corrected chi connectivity index (χ2v) is 4.97. The van der Waals surface area contributed by atoms with Crippen LogP contribution in [0.3, 0.4) is 0 Å². The molecule has 5 heteroatoms. The van der Waals surface area contributed by atoms with Crippen LogP contribution in [0.5, 0.6) is 0 Å². The van der Waals surface area contributed by atoms with Gasteiger partial charge in [-0.15, -0.1) is 5.10 Å². The summed E-state index contributed by atoms with van der Waals surface area (Å²) in [5, 5.41) is 11.6. The van der Waals surface area contributed by atoms with Crippen LogP contribution in [-0.2, 0) is 6.54 Å². The summed E-state index contributed by atoms with van der Waals surface area (Å²) in [5.41, 5.74) is 1.92. The van der Waals surface area contributed by atoms with Crippen LogP contribution in [0.15, 0.2) is 30.7 Å². The van der Waals surface area contributed by atoms with E-state index in [1.807, 2.05) is 18.3 Å². The Kier molecular flexibility index (Phi) is 3.19. The van der Waals surface area contributed by atoms with Crippen LogP contribution in [0.1, 0.15) is 26.5 Å². The van der Waals surface area contributed by atoms with Gasteiger partial charge in [-0.3, -0.25) is 4.98 Å². The molecule has 0 unspecified atom stereocenters. The van der Waals surface area contributed by atoms with E-state index in [0.717, 1.165) is 11.4 Å². The molecule has 0 saturated carbocycles. The van der Waals surface area contributed by atoms with Crippen molar-refractivity contribution in [1.29, 1.82) is 0 Å². The van der Waals surface area contributed by atoms with Crippen LogP contribution in [-0.4, -0.2) is 25.5 Å². The Labute approximate surface area is 101 Å². The van der Waals surface area contributed by atoms with E-state index in [4.69, 9.17) is 0 Å². The van der Waals surface area contributed by atoms with Crippen molar-refractivity contribution in [3.8, 4) is 5.69 Å². The van der Waals surface area contributed by atoms with Crippen molar-refractivity contribution in [3.05, 3.63) is 36.4 Å². The maximum atomic E-state index is 4.12. The average molecular weight is 231 g/mol. The highest BCUT2D eigenvalue weighted by atomic mass is 15.4. The van der Waals surface area contributed by atoms with Gasteiger partial charge >= 0.3 is 0 Å². The Morgan fingerprint density at radius 3 is 2.82 bits per heavy atom. The van der Waals surface area contributed by atoms with Gasteiger partial charge in [0.15, 0.2) is 0 Å². The van der Waals surface area contributed by atoms with Gasteiger partial charge in [0.1, 0.15) is 0 Å². The molecule has 2 aromatic rings. The first kappa shape index (κ1) is 11.7. The molecule has 5 nitrogen and oxygen atoms in total. The normalized spacial score (nSPS) is 11.7. The lowest BCUT2D eigenvalue weighted by Crippen LogP contribution is -2.35. The molecule has 0 saturated heterocycles. The molecular weight excluding hydrogens is 214 g/mol. The molecule has 0 amide bonds. The summed E-state index contributed by atoms with van der Waals surface area (Å²) in [4.78, 5) is 4.05. The van der Waals surface area contributed by atoms with Crippen molar-refractivity contribution in [2.24, 2.45) is 0 Å². The van der Waals surface area contributed by atoms with Crippen LogP contribution in [0.2, 0.25) is 0 Å². The molecule has 1 N–H and O–H groups in total. The van der Waals surface area contributed by atoms with Gasteiger partial charge in [-0.2, -0.15) is 0 Å². The van der Waals surface area contributed by atoms with Crippen molar-refractivity contribution in [1.82, 2.24) is 25.3 Å². The van der Waals surface area contributed by atoms with Gasteiger partial charge in [0.2, 0.25) is 0 Å². The fourth-order valence-electron chi connectivity index (χ4n) is 1.35. The quantitative estimate of drug-likeness (QED) is 0.870. The molecule has 0 radical (unpaired) electrons. The van der Waals surface area contributed by atoms with Crippen LogP contribution in [0.25, 0.3) is 5.69 Å².